The lowest BCUT2D eigenvalue weighted by atomic mass is 9.88. The summed E-state index contributed by atoms with van der Waals surface area (Å²) >= 11 is 0. The highest BCUT2D eigenvalue weighted by atomic mass is 15.4. The van der Waals surface area contributed by atoms with E-state index in [0.29, 0.717) is 6.04 Å². The minimum atomic E-state index is 0.287. The molecule has 1 aromatic heterocycles. The monoisotopic (exact) mass is 291 g/mol. The van der Waals surface area contributed by atoms with Crippen molar-refractivity contribution in [3.8, 4) is 0 Å². The molecule has 1 N–H and O–H groups in total. The summed E-state index contributed by atoms with van der Waals surface area (Å²) in [6.07, 6.45) is 6.06. The molecule has 0 bridgehead atoms. The number of nitrogens with one attached hydrogen (secondary N) is 1. The van der Waals surface area contributed by atoms with Crippen LogP contribution in [-0.2, 0) is 13.6 Å². The van der Waals surface area contributed by atoms with Gasteiger partial charge in [0.1, 0.15) is 0 Å². The third kappa shape index (κ3) is 3.46. The van der Waals surface area contributed by atoms with Crippen molar-refractivity contribution in [3.05, 3.63) is 11.9 Å². The van der Waals surface area contributed by atoms with Gasteiger partial charge < -0.3 is 5.32 Å². The lowest BCUT2D eigenvalue weighted by Crippen LogP contribution is -2.63. The predicted molar refractivity (Wildman–Crippen MR) is 83.8 cm³/mol. The van der Waals surface area contributed by atoms with Gasteiger partial charge in [-0.1, -0.05) is 19.1 Å². The average Bonchev–Trinajstić information content (AvgIpc) is 3.18. The topological polar surface area (TPSA) is 46.0 Å². The number of hydrogen-bond acceptors (Lipinski definition) is 4. The summed E-state index contributed by atoms with van der Waals surface area (Å²) in [7, 11) is 1.94. The van der Waals surface area contributed by atoms with E-state index < -0.39 is 0 Å². The largest absolute Gasteiger partial charge is 0.308 e. The van der Waals surface area contributed by atoms with Gasteiger partial charge in [-0.15, -0.1) is 5.10 Å². The Labute approximate surface area is 128 Å². The molecule has 1 aliphatic carbocycles. The Morgan fingerprint density at radius 2 is 2.19 bits per heavy atom. The number of rotatable bonds is 5. The van der Waals surface area contributed by atoms with Crippen LogP contribution in [0.5, 0.6) is 0 Å². The van der Waals surface area contributed by atoms with E-state index in [1.807, 2.05) is 13.2 Å². The van der Waals surface area contributed by atoms with Gasteiger partial charge >= 0.3 is 0 Å². The predicted octanol–water partition coefficient (Wildman–Crippen LogP) is 1.80. The van der Waals surface area contributed by atoms with Crippen molar-refractivity contribution in [1.82, 2.24) is 25.2 Å². The minimum Gasteiger partial charge on any atom is -0.308 e. The zero-order valence-corrected chi connectivity index (χ0v) is 13.8. The fourth-order valence-corrected chi connectivity index (χ4v) is 3.72. The molecule has 3 rings (SSSR count). The minimum absolute atomic E-state index is 0.287. The Morgan fingerprint density at radius 1 is 1.43 bits per heavy atom. The zero-order chi connectivity index (χ0) is 15.0. The smallest absolute Gasteiger partial charge is 0.0967 e. The van der Waals surface area contributed by atoms with Gasteiger partial charge in [-0.25, -0.2) is 0 Å². The first kappa shape index (κ1) is 15.0. The van der Waals surface area contributed by atoms with Crippen molar-refractivity contribution in [1.29, 1.82) is 0 Å². The molecule has 0 aromatic carbocycles. The van der Waals surface area contributed by atoms with Crippen molar-refractivity contribution >= 4 is 0 Å². The van der Waals surface area contributed by atoms with Gasteiger partial charge in [0.15, 0.2) is 0 Å². The highest BCUT2D eigenvalue weighted by Gasteiger charge is 2.46. The number of nitrogens with zero attached hydrogens (tertiary/aromatic N) is 4. The summed E-state index contributed by atoms with van der Waals surface area (Å²) in [5.74, 6) is 1.59. The maximum absolute atomic E-state index is 4.28. The van der Waals surface area contributed by atoms with Crippen LogP contribution >= 0.6 is 0 Å². The molecule has 2 fully saturated rings. The summed E-state index contributed by atoms with van der Waals surface area (Å²) in [5.41, 5.74) is 1.38. The summed E-state index contributed by atoms with van der Waals surface area (Å²) in [6.45, 7) is 10.2. The van der Waals surface area contributed by atoms with Gasteiger partial charge in [0.2, 0.25) is 0 Å². The first-order valence-electron chi connectivity index (χ1n) is 8.30. The maximum atomic E-state index is 4.28. The van der Waals surface area contributed by atoms with Crippen LogP contribution in [0.15, 0.2) is 6.20 Å². The molecule has 118 valence electrons. The zero-order valence-electron chi connectivity index (χ0n) is 13.8. The van der Waals surface area contributed by atoms with Crippen molar-refractivity contribution < 1.29 is 0 Å². The lowest BCUT2D eigenvalue weighted by molar-refractivity contribution is 0.0572. The summed E-state index contributed by atoms with van der Waals surface area (Å²) < 4.78 is 1.80. The molecule has 0 amide bonds. The normalized spacial score (nSPS) is 31.0. The molecule has 1 aliphatic heterocycles. The van der Waals surface area contributed by atoms with Crippen molar-refractivity contribution in [2.24, 2.45) is 18.9 Å². The molecule has 2 heterocycles. The first-order chi connectivity index (χ1) is 9.96. The van der Waals surface area contributed by atoms with E-state index in [4.69, 9.17) is 0 Å². The van der Waals surface area contributed by atoms with Gasteiger partial charge in [-0.05, 0) is 38.0 Å². The number of aryl methyl sites for hydroxylation is 1. The quantitative estimate of drug-likeness (QED) is 0.898. The van der Waals surface area contributed by atoms with Crippen LogP contribution in [0, 0.1) is 11.8 Å². The molecule has 2 unspecified atom stereocenters. The van der Waals surface area contributed by atoms with Gasteiger partial charge in [0.25, 0.3) is 0 Å². The molecule has 5 nitrogen and oxygen atoms in total. The van der Waals surface area contributed by atoms with E-state index in [1.54, 1.807) is 4.68 Å². The van der Waals surface area contributed by atoms with Crippen LogP contribution in [-0.4, -0.2) is 44.6 Å². The molecule has 0 spiro atoms. The van der Waals surface area contributed by atoms with Crippen LogP contribution in [0.2, 0.25) is 0 Å². The van der Waals surface area contributed by atoms with Crippen molar-refractivity contribution in [2.45, 2.75) is 58.2 Å². The Kier molecular flexibility index (Phi) is 4.06. The lowest BCUT2D eigenvalue weighted by Gasteiger charge is -2.47. The second-order valence-electron chi connectivity index (χ2n) is 7.64. The number of hydrogen-bond donors (Lipinski definition) is 1. The van der Waals surface area contributed by atoms with E-state index in [-0.39, 0.29) is 5.54 Å². The molecule has 1 aromatic rings. The molecule has 1 saturated carbocycles. The molecule has 5 heteroatoms. The van der Waals surface area contributed by atoms with Crippen molar-refractivity contribution in [3.63, 3.8) is 0 Å². The van der Waals surface area contributed by atoms with E-state index in [1.165, 1.54) is 19.3 Å². The van der Waals surface area contributed by atoms with E-state index in [2.05, 4.69) is 41.3 Å². The van der Waals surface area contributed by atoms with Crippen LogP contribution in [0.4, 0.5) is 0 Å². The summed E-state index contributed by atoms with van der Waals surface area (Å²) in [4.78, 5) is 2.64. The van der Waals surface area contributed by atoms with Crippen LogP contribution in [0.1, 0.15) is 45.7 Å². The Bertz CT molecular complexity index is 479. The van der Waals surface area contributed by atoms with Crippen LogP contribution in [0.3, 0.4) is 0 Å². The average molecular weight is 291 g/mol. The molecule has 0 radical (unpaired) electrons. The Morgan fingerprint density at radius 3 is 2.76 bits per heavy atom. The van der Waals surface area contributed by atoms with Gasteiger partial charge in [0.05, 0.1) is 5.69 Å². The van der Waals surface area contributed by atoms with Crippen LogP contribution in [0.25, 0.3) is 0 Å². The van der Waals surface area contributed by atoms with Crippen molar-refractivity contribution in [2.75, 3.05) is 13.1 Å². The van der Waals surface area contributed by atoms with Gasteiger partial charge in [-0.2, -0.15) is 0 Å². The van der Waals surface area contributed by atoms with Gasteiger partial charge in [0, 0.05) is 44.5 Å². The van der Waals surface area contributed by atoms with E-state index >= 15 is 0 Å². The highest BCUT2D eigenvalue weighted by Crippen LogP contribution is 2.41. The second-order valence-corrected chi connectivity index (χ2v) is 7.64. The third-order valence-corrected chi connectivity index (χ3v) is 5.03. The summed E-state index contributed by atoms with van der Waals surface area (Å²) in [5, 5.41) is 12.2. The molecule has 21 heavy (non-hydrogen) atoms. The summed E-state index contributed by atoms with van der Waals surface area (Å²) in [6, 6.07) is 0.610. The fourth-order valence-electron chi connectivity index (χ4n) is 3.72. The second kappa shape index (κ2) is 5.69. The van der Waals surface area contributed by atoms with Gasteiger partial charge in [-0.3, -0.25) is 9.58 Å². The molecular formula is C16H29N5. The van der Waals surface area contributed by atoms with Crippen LogP contribution < -0.4 is 5.32 Å². The molecule has 2 atom stereocenters. The molecular weight excluding hydrogens is 262 g/mol. The number of piperazine rings is 1. The Balaban J connectivity index is 1.72. The Hall–Kier alpha value is -0.940. The van der Waals surface area contributed by atoms with E-state index in [0.717, 1.165) is 37.2 Å². The molecule has 1 saturated heterocycles. The molecule has 2 aliphatic rings. The first-order valence-corrected chi connectivity index (χ1v) is 8.30. The SMILES string of the molecule is CC(C)CC1CNC(C)(C2CC2)CN1Cc1cn(C)nn1. The standard InChI is InChI=1S/C16H29N5/c1-12(2)7-15-8-17-16(3,13-5-6-13)11-21(15)10-14-9-20(4)19-18-14/h9,12-13,15,17H,5-8,10-11H2,1-4H3. The fraction of sp³-hybridized carbons (Fsp3) is 0.875. The third-order valence-electron chi connectivity index (χ3n) is 5.03. The van der Waals surface area contributed by atoms with E-state index in [9.17, 15) is 0 Å². The highest BCUT2D eigenvalue weighted by molar-refractivity contribution is 5.05. The maximum Gasteiger partial charge on any atom is 0.0967 e. The number of aromatic nitrogens is 3.